The molecule has 0 radical (unpaired) electrons. The molecule has 2 rings (SSSR count). The number of imide groups is 1. The van der Waals surface area contributed by atoms with E-state index in [1.165, 1.54) is 18.2 Å². The zero-order valence-electron chi connectivity index (χ0n) is 14.7. The quantitative estimate of drug-likeness (QED) is 0.745. The lowest BCUT2D eigenvalue weighted by molar-refractivity contribution is -0.115. The first-order valence-corrected chi connectivity index (χ1v) is 8.26. The van der Waals surface area contributed by atoms with Crippen LogP contribution in [0.1, 0.15) is 29.8 Å². The average Bonchev–Trinajstić information content (AvgIpc) is 2.62. The third kappa shape index (κ3) is 5.11. The van der Waals surface area contributed by atoms with Gasteiger partial charge in [-0.25, -0.2) is 0 Å². The highest BCUT2D eigenvalue weighted by Gasteiger charge is 2.12. The number of para-hydroxylation sites is 1. The molecule has 26 heavy (non-hydrogen) atoms. The van der Waals surface area contributed by atoms with Crippen LogP contribution in [0.25, 0.3) is 6.08 Å². The number of nitrogens with one attached hydrogen (secondary N) is 1. The van der Waals surface area contributed by atoms with E-state index >= 15 is 0 Å². The third-order valence-corrected chi connectivity index (χ3v) is 3.38. The van der Waals surface area contributed by atoms with Gasteiger partial charge in [-0.2, -0.15) is 0 Å². The van der Waals surface area contributed by atoms with E-state index in [1.54, 1.807) is 36.4 Å². The Hall–Kier alpha value is -3.28. The van der Waals surface area contributed by atoms with E-state index in [0.29, 0.717) is 24.7 Å². The number of aromatic hydroxyl groups is 1. The van der Waals surface area contributed by atoms with Crippen molar-refractivity contribution in [2.45, 2.75) is 13.8 Å². The van der Waals surface area contributed by atoms with Gasteiger partial charge in [0.05, 0.1) is 18.8 Å². The summed E-state index contributed by atoms with van der Waals surface area (Å²) < 4.78 is 11.0. The lowest BCUT2D eigenvalue weighted by Gasteiger charge is -2.11. The van der Waals surface area contributed by atoms with Crippen molar-refractivity contribution < 1.29 is 24.2 Å². The Bertz CT molecular complexity index is 814. The van der Waals surface area contributed by atoms with E-state index in [2.05, 4.69) is 5.32 Å². The first-order valence-electron chi connectivity index (χ1n) is 8.26. The maximum Gasteiger partial charge on any atom is 0.261 e. The summed E-state index contributed by atoms with van der Waals surface area (Å²) in [6, 6.07) is 11.3. The molecule has 2 amide bonds. The highest BCUT2D eigenvalue weighted by molar-refractivity contribution is 6.10. The smallest absolute Gasteiger partial charge is 0.261 e. The second kappa shape index (κ2) is 9.27. The molecule has 2 aromatic carbocycles. The topological polar surface area (TPSA) is 84.9 Å². The zero-order chi connectivity index (χ0) is 18.9. The van der Waals surface area contributed by atoms with Crippen molar-refractivity contribution >= 4 is 17.9 Å². The molecule has 0 aliphatic carbocycles. The van der Waals surface area contributed by atoms with E-state index in [4.69, 9.17) is 9.47 Å². The molecule has 6 nitrogen and oxygen atoms in total. The van der Waals surface area contributed by atoms with Crippen LogP contribution in [0.15, 0.2) is 48.5 Å². The van der Waals surface area contributed by atoms with Crippen LogP contribution < -0.4 is 14.8 Å². The lowest BCUT2D eigenvalue weighted by atomic mass is 10.1. The van der Waals surface area contributed by atoms with Crippen LogP contribution in [0.2, 0.25) is 0 Å². The number of carbonyl (C=O) groups excluding carboxylic acids is 2. The Labute approximate surface area is 152 Å². The monoisotopic (exact) mass is 355 g/mol. The SMILES string of the molecule is CCOc1ccc(/C=C/C(=O)NC(=O)c2ccccc2O)cc1OCC. The molecule has 6 heteroatoms. The maximum atomic E-state index is 12.0. The predicted octanol–water partition coefficient (Wildman–Crippen LogP) is 3.16. The molecule has 0 saturated heterocycles. The molecule has 0 bridgehead atoms. The molecule has 0 saturated carbocycles. The van der Waals surface area contributed by atoms with Gasteiger partial charge in [-0.15, -0.1) is 0 Å². The fraction of sp³-hybridized carbons (Fsp3) is 0.200. The Morgan fingerprint density at radius 1 is 1.04 bits per heavy atom. The Kier molecular flexibility index (Phi) is 6.79. The van der Waals surface area contributed by atoms with Crippen molar-refractivity contribution in [3.8, 4) is 17.2 Å². The van der Waals surface area contributed by atoms with Crippen LogP contribution in [0.3, 0.4) is 0 Å². The molecule has 0 fully saturated rings. The Morgan fingerprint density at radius 3 is 2.42 bits per heavy atom. The first kappa shape index (κ1) is 19.1. The van der Waals surface area contributed by atoms with Crippen LogP contribution in [0.4, 0.5) is 0 Å². The Morgan fingerprint density at radius 2 is 1.73 bits per heavy atom. The minimum Gasteiger partial charge on any atom is -0.507 e. The van der Waals surface area contributed by atoms with Gasteiger partial charge in [-0.05, 0) is 49.8 Å². The maximum absolute atomic E-state index is 12.0. The summed E-state index contributed by atoms with van der Waals surface area (Å²) in [4.78, 5) is 23.9. The molecule has 2 aromatic rings. The molecule has 136 valence electrons. The minimum absolute atomic E-state index is 0.0361. The average molecular weight is 355 g/mol. The predicted molar refractivity (Wildman–Crippen MR) is 98.4 cm³/mol. The van der Waals surface area contributed by atoms with Gasteiger partial charge in [0.15, 0.2) is 11.5 Å². The summed E-state index contributed by atoms with van der Waals surface area (Å²) >= 11 is 0. The first-order chi connectivity index (χ1) is 12.5. The highest BCUT2D eigenvalue weighted by atomic mass is 16.5. The van der Waals surface area contributed by atoms with Crippen LogP contribution in [0.5, 0.6) is 17.2 Å². The van der Waals surface area contributed by atoms with E-state index in [0.717, 1.165) is 5.56 Å². The fourth-order valence-corrected chi connectivity index (χ4v) is 2.23. The van der Waals surface area contributed by atoms with E-state index in [-0.39, 0.29) is 11.3 Å². The number of ether oxygens (including phenoxy) is 2. The van der Waals surface area contributed by atoms with Crippen molar-refractivity contribution in [2.24, 2.45) is 0 Å². The van der Waals surface area contributed by atoms with Crippen molar-refractivity contribution in [1.82, 2.24) is 5.32 Å². The molecule has 0 heterocycles. The molecule has 0 aromatic heterocycles. The second-order valence-electron chi connectivity index (χ2n) is 5.24. The van der Waals surface area contributed by atoms with E-state index in [9.17, 15) is 14.7 Å². The molecule has 0 aliphatic rings. The van der Waals surface area contributed by atoms with Gasteiger partial charge in [-0.3, -0.25) is 14.9 Å². The highest BCUT2D eigenvalue weighted by Crippen LogP contribution is 2.29. The number of amides is 2. The molecule has 0 aliphatic heterocycles. The number of hydrogen-bond donors (Lipinski definition) is 2. The molecular formula is C20H21NO5. The second-order valence-corrected chi connectivity index (χ2v) is 5.24. The summed E-state index contributed by atoms with van der Waals surface area (Å²) in [5, 5.41) is 11.8. The lowest BCUT2D eigenvalue weighted by Crippen LogP contribution is -2.28. The van der Waals surface area contributed by atoms with Crippen molar-refractivity contribution in [3.05, 3.63) is 59.7 Å². The summed E-state index contributed by atoms with van der Waals surface area (Å²) in [5.74, 6) is -0.230. The number of carbonyl (C=O) groups is 2. The number of phenolic OH excluding ortho intramolecular Hbond substituents is 1. The molecule has 0 spiro atoms. The van der Waals surface area contributed by atoms with Gasteiger partial charge < -0.3 is 14.6 Å². The van der Waals surface area contributed by atoms with Crippen LogP contribution in [0, 0.1) is 0 Å². The number of hydrogen-bond acceptors (Lipinski definition) is 5. The number of benzene rings is 2. The van der Waals surface area contributed by atoms with Crippen molar-refractivity contribution in [1.29, 1.82) is 0 Å². The normalized spacial score (nSPS) is 10.5. The summed E-state index contributed by atoms with van der Waals surface area (Å²) in [6.45, 7) is 4.76. The summed E-state index contributed by atoms with van der Waals surface area (Å²) in [6.07, 6.45) is 2.80. The standard InChI is InChI=1S/C20H21NO5/c1-3-25-17-11-9-14(13-18(17)26-4-2)10-12-19(23)21-20(24)15-7-5-6-8-16(15)22/h5-13,22H,3-4H2,1-2H3,(H,21,23,24)/b12-10+. The molecule has 2 N–H and O–H groups in total. The summed E-state index contributed by atoms with van der Waals surface area (Å²) in [5.41, 5.74) is 0.760. The van der Waals surface area contributed by atoms with Crippen LogP contribution >= 0.6 is 0 Å². The van der Waals surface area contributed by atoms with Gasteiger partial charge in [0.1, 0.15) is 5.75 Å². The van der Waals surface area contributed by atoms with E-state index in [1.807, 2.05) is 13.8 Å². The molecule has 0 unspecified atom stereocenters. The number of phenols is 1. The largest absolute Gasteiger partial charge is 0.507 e. The van der Waals surface area contributed by atoms with E-state index < -0.39 is 11.8 Å². The summed E-state index contributed by atoms with van der Waals surface area (Å²) in [7, 11) is 0. The van der Waals surface area contributed by atoms with Gasteiger partial charge in [0.25, 0.3) is 11.8 Å². The fourth-order valence-electron chi connectivity index (χ4n) is 2.23. The van der Waals surface area contributed by atoms with Gasteiger partial charge in [-0.1, -0.05) is 18.2 Å². The van der Waals surface area contributed by atoms with Gasteiger partial charge in [0, 0.05) is 6.08 Å². The van der Waals surface area contributed by atoms with Crippen molar-refractivity contribution in [2.75, 3.05) is 13.2 Å². The Balaban J connectivity index is 2.06. The van der Waals surface area contributed by atoms with Crippen LogP contribution in [-0.2, 0) is 4.79 Å². The third-order valence-electron chi connectivity index (χ3n) is 3.38. The van der Waals surface area contributed by atoms with Gasteiger partial charge >= 0.3 is 0 Å². The zero-order valence-corrected chi connectivity index (χ0v) is 14.7. The van der Waals surface area contributed by atoms with Gasteiger partial charge in [0.2, 0.25) is 0 Å². The van der Waals surface area contributed by atoms with Crippen LogP contribution in [-0.4, -0.2) is 30.1 Å². The minimum atomic E-state index is -0.667. The van der Waals surface area contributed by atoms with Crippen molar-refractivity contribution in [3.63, 3.8) is 0 Å². The molecular weight excluding hydrogens is 334 g/mol. The molecule has 0 atom stereocenters. The number of rotatable bonds is 7.